The van der Waals surface area contributed by atoms with Crippen LogP contribution in [0.2, 0.25) is 0 Å². The average molecular weight is 645 g/mol. The van der Waals surface area contributed by atoms with E-state index in [1.807, 2.05) is 51.7 Å². The van der Waals surface area contributed by atoms with Crippen LogP contribution < -0.4 is 0 Å². The first-order valence-corrected chi connectivity index (χ1v) is 17.0. The lowest BCUT2D eigenvalue weighted by atomic mass is 9.94. The molecule has 1 amide bonds. The first-order valence-electron chi connectivity index (χ1n) is 14.7. The van der Waals surface area contributed by atoms with Gasteiger partial charge < -0.3 is 25.1 Å². The van der Waals surface area contributed by atoms with Gasteiger partial charge in [-0.05, 0) is 54.7 Å². The molecule has 43 heavy (non-hydrogen) atoms. The topological polar surface area (TPSA) is 158 Å². The summed E-state index contributed by atoms with van der Waals surface area (Å²) < 4.78 is 9.73. The Hall–Kier alpha value is -2.77. The fourth-order valence-electron chi connectivity index (χ4n) is 4.02. The maximum absolute atomic E-state index is 12.5. The molecule has 1 aliphatic carbocycles. The lowest BCUT2D eigenvalue weighted by Crippen LogP contribution is -2.38. The molecule has 1 aromatic heterocycles. The summed E-state index contributed by atoms with van der Waals surface area (Å²) in [6.07, 6.45) is 7.46. The van der Waals surface area contributed by atoms with Gasteiger partial charge in [-0.15, -0.1) is 0 Å². The first-order chi connectivity index (χ1) is 20.1. The number of esters is 1. The van der Waals surface area contributed by atoms with Crippen LogP contribution in [-0.4, -0.2) is 88.1 Å². The number of ether oxygens (including phenoxy) is 1. The Morgan fingerprint density at radius 1 is 1.05 bits per heavy atom. The molecular formula is C30H52N4O7S2. The quantitative estimate of drug-likeness (QED) is 0.145. The van der Waals surface area contributed by atoms with Gasteiger partial charge in [0.1, 0.15) is 11.0 Å². The van der Waals surface area contributed by atoms with E-state index < -0.39 is 11.9 Å². The SMILES string of the molecule is CC.CCCSS/C(CCOC(=O)CCC(=O)O)=C(/C)N(C)C.CN(C(=O)c1ccc2nonc2c1)C1CCCCC1.O.[HH]. The van der Waals surface area contributed by atoms with Crippen LogP contribution in [0.3, 0.4) is 0 Å². The summed E-state index contributed by atoms with van der Waals surface area (Å²) >= 11 is 0. The summed E-state index contributed by atoms with van der Waals surface area (Å²) in [5, 5.41) is 16.0. The van der Waals surface area contributed by atoms with Crippen molar-refractivity contribution in [2.24, 2.45) is 0 Å². The van der Waals surface area contributed by atoms with Gasteiger partial charge in [-0.25, -0.2) is 4.63 Å². The van der Waals surface area contributed by atoms with E-state index in [1.54, 1.807) is 39.8 Å². The number of allylic oxidation sites excluding steroid dienone is 1. The average Bonchev–Trinajstić information content (AvgIpc) is 3.48. The third-order valence-electron chi connectivity index (χ3n) is 6.60. The second-order valence-electron chi connectivity index (χ2n) is 9.85. The molecule has 0 unspecified atom stereocenters. The predicted octanol–water partition coefficient (Wildman–Crippen LogP) is 6.44. The van der Waals surface area contributed by atoms with Gasteiger partial charge in [0.05, 0.1) is 19.4 Å². The highest BCUT2D eigenvalue weighted by atomic mass is 33.1. The minimum Gasteiger partial charge on any atom is -0.481 e. The van der Waals surface area contributed by atoms with Crippen molar-refractivity contribution in [3.8, 4) is 0 Å². The van der Waals surface area contributed by atoms with Crippen molar-refractivity contribution in [1.29, 1.82) is 0 Å². The van der Waals surface area contributed by atoms with Gasteiger partial charge in [0.2, 0.25) is 0 Å². The molecule has 3 rings (SSSR count). The normalized spacial score (nSPS) is 13.3. The standard InChI is InChI=1S/C14H17N3O2.C14H25NO4S2.C2H6.H2O.H2/c1-17(11-5-3-2-4-6-11)14(18)10-7-8-12-13(9-10)16-19-15-12;1-5-10-20-21-12(11(2)15(3)4)8-9-19-14(18)7-6-13(16)17;1-2;;/h7-9,11H,2-6H2,1H3;5-10H2,1-4H3,(H,16,17);1-2H3;1H2;1H/b;12-11-;;;. The number of benzene rings is 1. The monoisotopic (exact) mass is 644 g/mol. The number of amides is 1. The number of carboxylic acid groups (broad SMARTS) is 1. The van der Waals surface area contributed by atoms with Crippen LogP contribution in [-0.2, 0) is 14.3 Å². The summed E-state index contributed by atoms with van der Waals surface area (Å²) in [5.74, 6) is -0.308. The highest BCUT2D eigenvalue weighted by Gasteiger charge is 2.23. The zero-order chi connectivity index (χ0) is 31.5. The number of rotatable bonds is 13. The van der Waals surface area contributed by atoms with Crippen LogP contribution in [0.25, 0.3) is 11.0 Å². The smallest absolute Gasteiger partial charge is 0.306 e. The highest BCUT2D eigenvalue weighted by Crippen LogP contribution is 2.35. The van der Waals surface area contributed by atoms with E-state index >= 15 is 0 Å². The van der Waals surface area contributed by atoms with E-state index in [0.717, 1.165) is 30.7 Å². The van der Waals surface area contributed by atoms with Gasteiger partial charge >= 0.3 is 11.9 Å². The van der Waals surface area contributed by atoms with Crippen LogP contribution in [0.5, 0.6) is 0 Å². The summed E-state index contributed by atoms with van der Waals surface area (Å²) in [5.41, 5.74) is 3.11. The molecule has 246 valence electrons. The van der Waals surface area contributed by atoms with Crippen LogP contribution in [0.15, 0.2) is 33.4 Å². The molecule has 1 aliphatic rings. The van der Waals surface area contributed by atoms with Gasteiger partial charge in [-0.1, -0.05) is 61.6 Å². The van der Waals surface area contributed by atoms with E-state index in [1.165, 1.54) is 24.2 Å². The van der Waals surface area contributed by atoms with Gasteiger partial charge in [0.15, 0.2) is 0 Å². The third kappa shape index (κ3) is 15.0. The fraction of sp³-hybridized carbons (Fsp3) is 0.633. The van der Waals surface area contributed by atoms with Gasteiger partial charge in [0, 0.05) is 57.0 Å². The van der Waals surface area contributed by atoms with E-state index in [0.29, 0.717) is 35.7 Å². The Bertz CT molecular complexity index is 1140. The molecular weight excluding hydrogens is 592 g/mol. The molecule has 11 nitrogen and oxygen atoms in total. The second-order valence-corrected chi connectivity index (χ2v) is 12.4. The summed E-state index contributed by atoms with van der Waals surface area (Å²) in [6.45, 7) is 8.47. The Balaban J connectivity index is 0. The molecule has 0 aliphatic heterocycles. The van der Waals surface area contributed by atoms with E-state index in [9.17, 15) is 14.4 Å². The van der Waals surface area contributed by atoms with Crippen molar-refractivity contribution in [3.63, 3.8) is 0 Å². The van der Waals surface area contributed by atoms with E-state index in [4.69, 9.17) is 9.84 Å². The molecule has 1 fully saturated rings. The highest BCUT2D eigenvalue weighted by molar-refractivity contribution is 8.78. The van der Waals surface area contributed by atoms with Gasteiger partial charge in [-0.2, -0.15) is 0 Å². The lowest BCUT2D eigenvalue weighted by molar-refractivity contribution is -0.147. The maximum atomic E-state index is 12.5. The van der Waals surface area contributed by atoms with Crippen molar-refractivity contribution < 1.29 is 35.8 Å². The Kier molecular flexibility index (Phi) is 21.3. The van der Waals surface area contributed by atoms with Crippen molar-refractivity contribution in [1.82, 2.24) is 20.1 Å². The molecule has 0 radical (unpaired) electrons. The molecule has 1 aromatic carbocycles. The molecule has 1 saturated carbocycles. The number of fused-ring (bicyclic) bond motifs is 1. The second kappa shape index (κ2) is 22.7. The summed E-state index contributed by atoms with van der Waals surface area (Å²) in [6, 6.07) is 5.67. The molecule has 0 atom stereocenters. The number of carbonyl (C=O) groups is 3. The Morgan fingerprint density at radius 2 is 1.70 bits per heavy atom. The zero-order valence-electron chi connectivity index (χ0n) is 26.7. The van der Waals surface area contributed by atoms with E-state index in [-0.39, 0.29) is 25.7 Å². The molecule has 3 N–H and O–H groups in total. The van der Waals surface area contributed by atoms with Crippen LogP contribution in [0, 0.1) is 0 Å². The molecule has 2 aromatic rings. The Morgan fingerprint density at radius 3 is 2.30 bits per heavy atom. The number of nitrogens with zero attached hydrogens (tertiary/aromatic N) is 4. The molecule has 1 heterocycles. The minimum absolute atomic E-state index is 0. The molecule has 0 saturated heterocycles. The van der Waals surface area contributed by atoms with Crippen molar-refractivity contribution in [2.45, 2.75) is 91.5 Å². The van der Waals surface area contributed by atoms with Crippen molar-refractivity contribution in [3.05, 3.63) is 34.4 Å². The van der Waals surface area contributed by atoms with Crippen molar-refractivity contribution >= 4 is 50.5 Å². The predicted molar refractivity (Wildman–Crippen MR) is 177 cm³/mol. The number of hydrogen-bond acceptors (Lipinski definition) is 10. The lowest BCUT2D eigenvalue weighted by Gasteiger charge is -2.31. The summed E-state index contributed by atoms with van der Waals surface area (Å²) in [4.78, 5) is 39.3. The molecule has 13 heteroatoms. The van der Waals surface area contributed by atoms with Crippen molar-refractivity contribution in [2.75, 3.05) is 33.5 Å². The van der Waals surface area contributed by atoms with E-state index in [2.05, 4.69) is 21.9 Å². The van der Waals surface area contributed by atoms with Gasteiger partial charge in [0.25, 0.3) is 5.91 Å². The van der Waals surface area contributed by atoms with Crippen LogP contribution in [0.1, 0.15) is 97.3 Å². The Labute approximate surface area is 265 Å². The fourth-order valence-corrected chi connectivity index (χ4v) is 6.67. The first kappa shape index (κ1) is 40.2. The van der Waals surface area contributed by atoms with Crippen LogP contribution in [0.4, 0.5) is 0 Å². The summed E-state index contributed by atoms with van der Waals surface area (Å²) in [7, 11) is 9.38. The number of aliphatic carboxylic acids is 1. The number of aromatic nitrogens is 2. The number of carbonyl (C=O) groups excluding carboxylic acids is 2. The van der Waals surface area contributed by atoms with Crippen LogP contribution >= 0.6 is 21.6 Å². The molecule has 0 spiro atoms. The zero-order valence-corrected chi connectivity index (χ0v) is 28.3. The third-order valence-corrected chi connectivity index (χ3v) is 9.45. The number of hydrogen-bond donors (Lipinski definition) is 1. The largest absolute Gasteiger partial charge is 0.481 e. The molecule has 0 bridgehead atoms. The maximum Gasteiger partial charge on any atom is 0.306 e. The minimum atomic E-state index is -0.984. The van der Waals surface area contributed by atoms with Gasteiger partial charge in [-0.3, -0.25) is 14.4 Å². The number of carboxylic acids is 1.